The van der Waals surface area contributed by atoms with Crippen molar-refractivity contribution in [1.29, 1.82) is 0 Å². The summed E-state index contributed by atoms with van der Waals surface area (Å²) in [5.74, 6) is 0.676. The molecular weight excluding hydrogens is 208 g/mol. The normalized spacial score (nSPS) is 21.4. The second kappa shape index (κ2) is 4.93. The first-order valence-corrected chi connectivity index (χ1v) is 5.35. The van der Waals surface area contributed by atoms with Crippen molar-refractivity contribution in [1.82, 2.24) is 15.0 Å². The molecule has 1 aliphatic rings. The molecule has 7 heteroatoms. The molecule has 1 fully saturated rings. The molecule has 0 radical (unpaired) electrons. The Kier molecular flexibility index (Phi) is 3.35. The van der Waals surface area contributed by atoms with Crippen LogP contribution < -0.4 is 16.8 Å². The van der Waals surface area contributed by atoms with Gasteiger partial charge in [-0.3, -0.25) is 0 Å². The number of nitrogens with one attached hydrogen (secondary N) is 1. The predicted molar refractivity (Wildman–Crippen MR) is 60.7 cm³/mol. The molecule has 1 saturated heterocycles. The fourth-order valence-corrected chi connectivity index (χ4v) is 1.67. The summed E-state index contributed by atoms with van der Waals surface area (Å²) in [6.07, 6.45) is 3.26. The van der Waals surface area contributed by atoms with E-state index in [0.29, 0.717) is 12.6 Å². The smallest absolute Gasteiger partial charge is 0.229 e. The zero-order valence-electron chi connectivity index (χ0n) is 9.02. The number of nitrogen functional groups attached to an aromatic ring is 2. The summed E-state index contributed by atoms with van der Waals surface area (Å²) >= 11 is 0. The van der Waals surface area contributed by atoms with Crippen molar-refractivity contribution < 1.29 is 4.74 Å². The minimum absolute atomic E-state index is 0.129. The molecule has 0 aliphatic carbocycles. The maximum Gasteiger partial charge on any atom is 0.229 e. The van der Waals surface area contributed by atoms with Crippen molar-refractivity contribution in [2.45, 2.75) is 25.3 Å². The Bertz CT molecular complexity index is 330. The largest absolute Gasteiger partial charge is 0.379 e. The summed E-state index contributed by atoms with van der Waals surface area (Å²) in [5, 5.41) is 3.16. The van der Waals surface area contributed by atoms with Crippen LogP contribution in [0.15, 0.2) is 0 Å². The summed E-state index contributed by atoms with van der Waals surface area (Å²) in [6.45, 7) is 1.48. The highest BCUT2D eigenvalue weighted by Gasteiger charge is 2.14. The van der Waals surface area contributed by atoms with Crippen LogP contribution in [0, 0.1) is 0 Å². The van der Waals surface area contributed by atoms with Crippen LogP contribution in [0.3, 0.4) is 0 Å². The molecule has 7 nitrogen and oxygen atoms in total. The van der Waals surface area contributed by atoms with Gasteiger partial charge in [0.15, 0.2) is 0 Å². The molecule has 2 heterocycles. The molecular formula is C9H16N6O. The lowest BCUT2D eigenvalue weighted by Gasteiger charge is -2.15. The van der Waals surface area contributed by atoms with Gasteiger partial charge in [-0.15, -0.1) is 0 Å². The fraction of sp³-hybridized carbons (Fsp3) is 0.667. The lowest BCUT2D eigenvalue weighted by molar-refractivity contribution is 0.138. The maximum absolute atomic E-state index is 5.48. The Morgan fingerprint density at radius 1 is 1.12 bits per heavy atom. The molecule has 1 atom stereocenters. The van der Waals surface area contributed by atoms with Crippen LogP contribution in [0.2, 0.25) is 0 Å². The number of hydrogen-bond acceptors (Lipinski definition) is 7. The van der Waals surface area contributed by atoms with E-state index < -0.39 is 0 Å². The third kappa shape index (κ3) is 2.93. The van der Waals surface area contributed by atoms with Crippen LogP contribution in [-0.2, 0) is 4.74 Å². The molecule has 16 heavy (non-hydrogen) atoms. The monoisotopic (exact) mass is 224 g/mol. The molecule has 1 aromatic heterocycles. The number of rotatable bonds is 2. The molecule has 0 aromatic carbocycles. The summed E-state index contributed by atoms with van der Waals surface area (Å²) in [6, 6.07) is 0.212. The standard InChI is InChI=1S/C9H16N6O/c10-7-13-8(11)15-9(14-7)12-6-3-1-2-4-16-5-6/h6H,1-5H2,(H5,10,11,12,13,14,15). The molecule has 0 amide bonds. The van der Waals surface area contributed by atoms with Gasteiger partial charge in [0.05, 0.1) is 12.6 Å². The molecule has 0 saturated carbocycles. The Morgan fingerprint density at radius 2 is 1.88 bits per heavy atom. The highest BCUT2D eigenvalue weighted by Crippen LogP contribution is 2.12. The van der Waals surface area contributed by atoms with Gasteiger partial charge < -0.3 is 21.5 Å². The third-order valence-electron chi connectivity index (χ3n) is 2.41. The average Bonchev–Trinajstić information content (AvgIpc) is 2.44. The molecule has 1 aromatic rings. The molecule has 88 valence electrons. The topological polar surface area (TPSA) is 112 Å². The van der Waals surface area contributed by atoms with E-state index in [9.17, 15) is 0 Å². The number of nitrogens with zero attached hydrogens (tertiary/aromatic N) is 3. The minimum atomic E-state index is 0.129. The lowest BCUT2D eigenvalue weighted by Crippen LogP contribution is -2.25. The third-order valence-corrected chi connectivity index (χ3v) is 2.41. The van der Waals surface area contributed by atoms with E-state index in [2.05, 4.69) is 20.3 Å². The van der Waals surface area contributed by atoms with Gasteiger partial charge in [-0.2, -0.15) is 15.0 Å². The zero-order chi connectivity index (χ0) is 11.4. The van der Waals surface area contributed by atoms with Gasteiger partial charge >= 0.3 is 0 Å². The molecule has 5 N–H and O–H groups in total. The van der Waals surface area contributed by atoms with Crippen molar-refractivity contribution in [3.05, 3.63) is 0 Å². The Hall–Kier alpha value is -1.63. The quantitative estimate of drug-likeness (QED) is 0.649. The first-order chi connectivity index (χ1) is 7.74. The van der Waals surface area contributed by atoms with E-state index in [0.717, 1.165) is 25.9 Å². The van der Waals surface area contributed by atoms with Crippen molar-refractivity contribution in [2.24, 2.45) is 0 Å². The molecule has 2 rings (SSSR count). The van der Waals surface area contributed by atoms with Crippen LogP contribution in [0.25, 0.3) is 0 Å². The summed E-state index contributed by atoms with van der Waals surface area (Å²) in [7, 11) is 0. The van der Waals surface area contributed by atoms with Crippen LogP contribution in [0.1, 0.15) is 19.3 Å². The van der Waals surface area contributed by atoms with Gasteiger partial charge in [0, 0.05) is 6.61 Å². The summed E-state index contributed by atoms with van der Waals surface area (Å²) < 4.78 is 5.44. The Balaban J connectivity index is 2.01. The van der Waals surface area contributed by atoms with Gasteiger partial charge in [0.2, 0.25) is 17.8 Å². The van der Waals surface area contributed by atoms with Crippen molar-refractivity contribution in [2.75, 3.05) is 30.0 Å². The van der Waals surface area contributed by atoms with Crippen LogP contribution in [0.5, 0.6) is 0 Å². The van der Waals surface area contributed by atoms with Crippen molar-refractivity contribution in [3.8, 4) is 0 Å². The van der Waals surface area contributed by atoms with Gasteiger partial charge in [-0.25, -0.2) is 0 Å². The van der Waals surface area contributed by atoms with E-state index in [-0.39, 0.29) is 17.9 Å². The van der Waals surface area contributed by atoms with Crippen LogP contribution >= 0.6 is 0 Å². The number of hydrogen-bond donors (Lipinski definition) is 3. The van der Waals surface area contributed by atoms with Gasteiger partial charge in [-0.1, -0.05) is 0 Å². The zero-order valence-corrected chi connectivity index (χ0v) is 9.02. The summed E-state index contributed by atoms with van der Waals surface area (Å²) in [5.41, 5.74) is 11.0. The van der Waals surface area contributed by atoms with Crippen molar-refractivity contribution in [3.63, 3.8) is 0 Å². The van der Waals surface area contributed by atoms with E-state index in [1.807, 2.05) is 0 Å². The molecule has 1 aliphatic heterocycles. The number of anilines is 3. The second-order valence-electron chi connectivity index (χ2n) is 3.79. The van der Waals surface area contributed by atoms with Crippen LogP contribution in [-0.4, -0.2) is 34.2 Å². The number of nitrogens with two attached hydrogens (primary N) is 2. The molecule has 1 unspecified atom stereocenters. The Morgan fingerprint density at radius 3 is 2.62 bits per heavy atom. The van der Waals surface area contributed by atoms with E-state index in [1.165, 1.54) is 0 Å². The second-order valence-corrected chi connectivity index (χ2v) is 3.79. The van der Waals surface area contributed by atoms with Gasteiger partial charge in [0.25, 0.3) is 0 Å². The lowest BCUT2D eigenvalue weighted by atomic mass is 10.1. The van der Waals surface area contributed by atoms with E-state index >= 15 is 0 Å². The fourth-order valence-electron chi connectivity index (χ4n) is 1.67. The predicted octanol–water partition coefficient (Wildman–Crippen LogP) is 0.0170. The van der Waals surface area contributed by atoms with Gasteiger partial charge in [-0.05, 0) is 19.3 Å². The Labute approximate surface area is 93.6 Å². The SMILES string of the molecule is Nc1nc(N)nc(NC2CCCCOC2)n1. The van der Waals surface area contributed by atoms with E-state index in [4.69, 9.17) is 16.2 Å². The van der Waals surface area contributed by atoms with Crippen LogP contribution in [0.4, 0.5) is 17.8 Å². The first-order valence-electron chi connectivity index (χ1n) is 5.35. The maximum atomic E-state index is 5.48. The average molecular weight is 224 g/mol. The number of ether oxygens (including phenoxy) is 1. The van der Waals surface area contributed by atoms with Crippen molar-refractivity contribution >= 4 is 17.8 Å². The minimum Gasteiger partial charge on any atom is -0.379 e. The highest BCUT2D eigenvalue weighted by atomic mass is 16.5. The highest BCUT2D eigenvalue weighted by molar-refractivity contribution is 5.37. The van der Waals surface area contributed by atoms with E-state index in [1.54, 1.807) is 0 Å². The summed E-state index contributed by atoms with van der Waals surface area (Å²) in [4.78, 5) is 11.6. The molecule has 0 spiro atoms. The number of aromatic nitrogens is 3. The first kappa shape index (κ1) is 10.9. The molecule has 0 bridgehead atoms. The van der Waals surface area contributed by atoms with Gasteiger partial charge in [0.1, 0.15) is 0 Å².